The summed E-state index contributed by atoms with van der Waals surface area (Å²) >= 11 is 0. The average molecular weight is 519 g/mol. The lowest BCUT2D eigenvalue weighted by Gasteiger charge is -2.14. The second-order valence-corrected chi connectivity index (χ2v) is 7.01. The minimum absolute atomic E-state index is 0. The first-order chi connectivity index (χ1) is 13.6. The molecular weight excluding hydrogens is 485 g/mol. The lowest BCUT2D eigenvalue weighted by atomic mass is 10.2. The zero-order valence-corrected chi connectivity index (χ0v) is 19.8. The Balaban J connectivity index is 0.00000420. The van der Waals surface area contributed by atoms with Gasteiger partial charge in [0.15, 0.2) is 5.96 Å². The number of nitrogens with one attached hydrogen (secondary N) is 4. The van der Waals surface area contributed by atoms with E-state index < -0.39 is 0 Å². The summed E-state index contributed by atoms with van der Waals surface area (Å²) in [6.45, 7) is 7.53. The quantitative estimate of drug-likeness (QED) is 0.174. The first-order valence-corrected chi connectivity index (χ1v) is 9.87. The Bertz CT molecular complexity index is 619. The number of urea groups is 1. The largest absolute Gasteiger partial charge is 0.379 e. The fourth-order valence-electron chi connectivity index (χ4n) is 2.71. The van der Waals surface area contributed by atoms with Gasteiger partial charge in [-0.25, -0.2) is 4.79 Å². The van der Waals surface area contributed by atoms with Gasteiger partial charge in [0.25, 0.3) is 0 Å². The van der Waals surface area contributed by atoms with E-state index in [4.69, 9.17) is 9.47 Å². The van der Waals surface area contributed by atoms with E-state index in [0.717, 1.165) is 49.8 Å². The second kappa shape index (κ2) is 14.4. The number of guanidine groups is 1. The number of benzene rings is 1. The van der Waals surface area contributed by atoms with Crippen molar-refractivity contribution in [2.24, 2.45) is 4.99 Å². The first kappa shape index (κ1) is 25.4. The van der Waals surface area contributed by atoms with Gasteiger partial charge >= 0.3 is 6.03 Å². The minimum atomic E-state index is -0.199. The Hall–Kier alpha value is -1.59. The van der Waals surface area contributed by atoms with E-state index in [0.29, 0.717) is 13.2 Å². The fourth-order valence-corrected chi connectivity index (χ4v) is 2.71. The summed E-state index contributed by atoms with van der Waals surface area (Å²) in [5.74, 6) is 0.753. The molecule has 1 atom stereocenters. The van der Waals surface area contributed by atoms with Crippen LogP contribution in [0.3, 0.4) is 0 Å². The molecule has 2 amide bonds. The molecule has 164 valence electrons. The Kier molecular flexibility index (Phi) is 12.6. The van der Waals surface area contributed by atoms with Gasteiger partial charge in [0.05, 0.1) is 12.7 Å². The van der Waals surface area contributed by atoms with Crippen LogP contribution in [-0.2, 0) is 16.0 Å². The van der Waals surface area contributed by atoms with E-state index in [1.807, 2.05) is 38.1 Å². The number of carbonyl (C=O) groups excluding carboxylic acids is 1. The SMILES string of the molecule is CN=C(NCCCOC1CCOC1)NCc1ccc(NC(=O)NC(C)C)cc1.I. The summed E-state index contributed by atoms with van der Waals surface area (Å²) in [6, 6.07) is 7.63. The highest BCUT2D eigenvalue weighted by molar-refractivity contribution is 14.0. The molecule has 0 radical (unpaired) electrons. The maximum absolute atomic E-state index is 11.7. The lowest BCUT2D eigenvalue weighted by molar-refractivity contribution is 0.0420. The van der Waals surface area contributed by atoms with Crippen molar-refractivity contribution in [1.29, 1.82) is 0 Å². The minimum Gasteiger partial charge on any atom is -0.379 e. The van der Waals surface area contributed by atoms with E-state index in [1.165, 1.54) is 0 Å². The number of nitrogens with zero attached hydrogens (tertiary/aromatic N) is 1. The van der Waals surface area contributed by atoms with Crippen molar-refractivity contribution in [3.63, 3.8) is 0 Å². The summed E-state index contributed by atoms with van der Waals surface area (Å²) in [5, 5.41) is 12.2. The maximum atomic E-state index is 11.7. The normalized spacial score (nSPS) is 16.3. The van der Waals surface area contributed by atoms with Crippen LogP contribution in [0.25, 0.3) is 0 Å². The van der Waals surface area contributed by atoms with Crippen molar-refractivity contribution in [3.05, 3.63) is 29.8 Å². The molecule has 1 aromatic carbocycles. The zero-order valence-electron chi connectivity index (χ0n) is 17.5. The van der Waals surface area contributed by atoms with Crippen molar-refractivity contribution >= 4 is 41.7 Å². The van der Waals surface area contributed by atoms with Crippen LogP contribution >= 0.6 is 24.0 Å². The van der Waals surface area contributed by atoms with Crippen LogP contribution in [0.5, 0.6) is 0 Å². The maximum Gasteiger partial charge on any atom is 0.319 e. The Labute approximate surface area is 190 Å². The number of anilines is 1. The molecule has 0 aromatic heterocycles. The highest BCUT2D eigenvalue weighted by Gasteiger charge is 2.15. The number of hydrogen-bond acceptors (Lipinski definition) is 4. The topological polar surface area (TPSA) is 96.0 Å². The van der Waals surface area contributed by atoms with E-state index in [1.54, 1.807) is 7.05 Å². The third kappa shape index (κ3) is 10.7. The molecular formula is C20H34IN5O3. The highest BCUT2D eigenvalue weighted by Crippen LogP contribution is 2.09. The monoisotopic (exact) mass is 519 g/mol. The van der Waals surface area contributed by atoms with Gasteiger partial charge in [0, 0.05) is 45.1 Å². The van der Waals surface area contributed by atoms with Crippen molar-refractivity contribution < 1.29 is 14.3 Å². The van der Waals surface area contributed by atoms with Crippen molar-refractivity contribution in [2.75, 3.05) is 38.7 Å². The van der Waals surface area contributed by atoms with Crippen LogP contribution in [0.1, 0.15) is 32.3 Å². The Morgan fingerprint density at radius 3 is 2.66 bits per heavy atom. The van der Waals surface area contributed by atoms with Crippen molar-refractivity contribution in [2.45, 2.75) is 45.4 Å². The number of halogens is 1. The molecule has 1 aliphatic rings. The van der Waals surface area contributed by atoms with Gasteiger partial charge in [-0.15, -0.1) is 24.0 Å². The third-order valence-corrected chi connectivity index (χ3v) is 4.17. The second-order valence-electron chi connectivity index (χ2n) is 7.01. The molecule has 8 nitrogen and oxygen atoms in total. The molecule has 0 saturated carbocycles. The van der Waals surface area contributed by atoms with Gasteiger partial charge in [-0.05, 0) is 44.4 Å². The molecule has 1 unspecified atom stereocenters. The molecule has 9 heteroatoms. The first-order valence-electron chi connectivity index (χ1n) is 9.87. The number of hydrogen-bond donors (Lipinski definition) is 4. The molecule has 1 aromatic rings. The van der Waals surface area contributed by atoms with E-state index in [2.05, 4.69) is 26.3 Å². The van der Waals surface area contributed by atoms with Crippen LogP contribution in [-0.4, -0.2) is 57.5 Å². The fraction of sp³-hybridized carbons (Fsp3) is 0.600. The van der Waals surface area contributed by atoms with Gasteiger partial charge in [-0.2, -0.15) is 0 Å². The zero-order chi connectivity index (χ0) is 20.2. The molecule has 4 N–H and O–H groups in total. The van der Waals surface area contributed by atoms with Gasteiger partial charge in [-0.1, -0.05) is 12.1 Å². The van der Waals surface area contributed by atoms with E-state index in [9.17, 15) is 4.79 Å². The molecule has 0 spiro atoms. The molecule has 1 saturated heterocycles. The predicted molar refractivity (Wildman–Crippen MR) is 127 cm³/mol. The molecule has 2 rings (SSSR count). The van der Waals surface area contributed by atoms with Gasteiger partial charge in [0.1, 0.15) is 0 Å². The summed E-state index contributed by atoms with van der Waals surface area (Å²) in [4.78, 5) is 15.9. The highest BCUT2D eigenvalue weighted by atomic mass is 127. The lowest BCUT2D eigenvalue weighted by Crippen LogP contribution is -2.37. The van der Waals surface area contributed by atoms with Crippen molar-refractivity contribution in [3.8, 4) is 0 Å². The Morgan fingerprint density at radius 2 is 2.03 bits per heavy atom. The molecule has 1 aliphatic heterocycles. The van der Waals surface area contributed by atoms with Crippen LogP contribution < -0.4 is 21.3 Å². The molecule has 1 fully saturated rings. The third-order valence-electron chi connectivity index (χ3n) is 4.17. The molecule has 29 heavy (non-hydrogen) atoms. The van der Waals surface area contributed by atoms with E-state index >= 15 is 0 Å². The van der Waals surface area contributed by atoms with Crippen LogP contribution in [0.4, 0.5) is 10.5 Å². The van der Waals surface area contributed by atoms with Crippen LogP contribution in [0, 0.1) is 0 Å². The standard InChI is InChI=1S/C20H33N5O3.HI/c1-15(2)24-20(26)25-17-7-5-16(6-8-17)13-23-19(21-3)22-10-4-11-28-18-9-12-27-14-18;/h5-8,15,18H,4,9-14H2,1-3H3,(H2,21,22,23)(H2,24,25,26);1H. The molecule has 0 aliphatic carbocycles. The number of ether oxygens (including phenoxy) is 2. The molecule has 1 heterocycles. The van der Waals surface area contributed by atoms with Crippen molar-refractivity contribution in [1.82, 2.24) is 16.0 Å². The average Bonchev–Trinajstić information content (AvgIpc) is 3.18. The van der Waals surface area contributed by atoms with Gasteiger partial charge in [-0.3, -0.25) is 4.99 Å². The van der Waals surface area contributed by atoms with Crippen LogP contribution in [0.2, 0.25) is 0 Å². The summed E-state index contributed by atoms with van der Waals surface area (Å²) in [6.07, 6.45) is 2.16. The number of aliphatic imine (C=N–C) groups is 1. The predicted octanol–water partition coefficient (Wildman–Crippen LogP) is 2.70. The summed E-state index contributed by atoms with van der Waals surface area (Å²) < 4.78 is 11.0. The summed E-state index contributed by atoms with van der Waals surface area (Å²) in [7, 11) is 1.75. The smallest absolute Gasteiger partial charge is 0.319 e. The number of rotatable bonds is 9. The Morgan fingerprint density at radius 1 is 1.28 bits per heavy atom. The number of amides is 2. The van der Waals surface area contributed by atoms with Gasteiger partial charge < -0.3 is 30.7 Å². The summed E-state index contributed by atoms with van der Waals surface area (Å²) in [5.41, 5.74) is 1.86. The molecule has 0 bridgehead atoms. The van der Waals surface area contributed by atoms with E-state index in [-0.39, 0.29) is 42.2 Å². The van der Waals surface area contributed by atoms with Crippen LogP contribution in [0.15, 0.2) is 29.3 Å². The van der Waals surface area contributed by atoms with Gasteiger partial charge in [0.2, 0.25) is 0 Å². The number of carbonyl (C=O) groups is 1.